The Hall–Kier alpha value is -6.00. The molecule has 3 nitrogen and oxygen atoms in total. The fourth-order valence-corrected chi connectivity index (χ4v) is 8.44. The normalized spacial score (nSPS) is 13.4. The maximum Gasteiger partial charge on any atom is 0.252 e. The van der Waals surface area contributed by atoms with E-state index in [0.29, 0.717) is 0 Å². The number of para-hydroxylation sites is 5. The Kier molecular flexibility index (Phi) is 6.23. The van der Waals surface area contributed by atoms with Crippen molar-refractivity contribution in [1.82, 2.24) is 4.57 Å². The molecular weight excluding hydrogens is 605 g/mol. The van der Waals surface area contributed by atoms with Crippen molar-refractivity contribution in [3.8, 4) is 5.69 Å². The van der Waals surface area contributed by atoms with Gasteiger partial charge in [-0.1, -0.05) is 124 Å². The SMILES string of the molecule is CC(C)(C)c1ccc2c(c1)B1c3ccccc3N(c3ccccc3)c3cc(-n4c5ccccc5c5ccccc54)cc(c31)N2c1ccccc1. The van der Waals surface area contributed by atoms with E-state index >= 15 is 0 Å². The molecule has 0 saturated heterocycles. The predicted molar refractivity (Wildman–Crippen MR) is 214 cm³/mol. The van der Waals surface area contributed by atoms with Gasteiger partial charge in [-0.15, -0.1) is 0 Å². The van der Waals surface area contributed by atoms with Crippen molar-refractivity contribution >= 4 is 79.0 Å². The largest absolute Gasteiger partial charge is 0.311 e. The molecule has 50 heavy (non-hydrogen) atoms. The molecule has 0 unspecified atom stereocenters. The van der Waals surface area contributed by atoms with Crippen molar-refractivity contribution in [1.29, 1.82) is 0 Å². The van der Waals surface area contributed by atoms with Crippen LogP contribution in [0.15, 0.2) is 164 Å². The van der Waals surface area contributed by atoms with E-state index in [1.54, 1.807) is 0 Å². The number of hydrogen-bond donors (Lipinski definition) is 0. The van der Waals surface area contributed by atoms with Gasteiger partial charge in [0, 0.05) is 44.9 Å². The van der Waals surface area contributed by atoms with Crippen LogP contribution in [0.4, 0.5) is 34.1 Å². The predicted octanol–water partition coefficient (Wildman–Crippen LogP) is 10.2. The van der Waals surface area contributed by atoms with E-state index < -0.39 is 0 Å². The summed E-state index contributed by atoms with van der Waals surface area (Å²) in [4.78, 5) is 5.00. The van der Waals surface area contributed by atoms with Gasteiger partial charge < -0.3 is 14.4 Å². The number of benzene rings is 7. The highest BCUT2D eigenvalue weighted by Crippen LogP contribution is 2.46. The molecule has 4 heteroatoms. The van der Waals surface area contributed by atoms with Gasteiger partial charge in [0.2, 0.25) is 0 Å². The van der Waals surface area contributed by atoms with Crippen LogP contribution in [-0.2, 0) is 5.41 Å². The monoisotopic (exact) mass is 641 g/mol. The van der Waals surface area contributed by atoms with Gasteiger partial charge in [0.1, 0.15) is 0 Å². The van der Waals surface area contributed by atoms with Crippen molar-refractivity contribution in [3.05, 3.63) is 169 Å². The lowest BCUT2D eigenvalue weighted by molar-refractivity contribution is 0.591. The lowest BCUT2D eigenvalue weighted by atomic mass is 9.33. The molecule has 2 aliphatic rings. The molecule has 3 heterocycles. The Balaban J connectivity index is 1.37. The van der Waals surface area contributed by atoms with Gasteiger partial charge in [-0.3, -0.25) is 0 Å². The summed E-state index contributed by atoms with van der Waals surface area (Å²) in [5, 5.41) is 2.52. The number of anilines is 6. The quantitative estimate of drug-likeness (QED) is 0.178. The van der Waals surface area contributed by atoms with Gasteiger partial charge in [-0.25, -0.2) is 0 Å². The molecule has 0 N–H and O–H groups in total. The average Bonchev–Trinajstić information content (AvgIpc) is 3.49. The molecule has 0 atom stereocenters. The van der Waals surface area contributed by atoms with E-state index in [2.05, 4.69) is 199 Å². The molecule has 2 aliphatic heterocycles. The first-order valence-corrected chi connectivity index (χ1v) is 17.6. The zero-order chi connectivity index (χ0) is 33.6. The fraction of sp³-hybridized carbons (Fsp3) is 0.0870. The van der Waals surface area contributed by atoms with Crippen LogP contribution in [0.2, 0.25) is 0 Å². The lowest BCUT2D eigenvalue weighted by Gasteiger charge is -2.44. The van der Waals surface area contributed by atoms with Crippen molar-refractivity contribution in [2.24, 2.45) is 0 Å². The van der Waals surface area contributed by atoms with Crippen LogP contribution >= 0.6 is 0 Å². The molecule has 1 aromatic heterocycles. The maximum absolute atomic E-state index is 2.51. The molecule has 10 rings (SSSR count). The Morgan fingerprint density at radius 3 is 1.50 bits per heavy atom. The Bertz CT molecular complexity index is 2530. The molecule has 0 fully saturated rings. The van der Waals surface area contributed by atoms with Crippen molar-refractivity contribution in [2.75, 3.05) is 9.80 Å². The van der Waals surface area contributed by atoms with Crippen LogP contribution in [0.3, 0.4) is 0 Å². The minimum atomic E-state index is 0.0143. The Morgan fingerprint density at radius 1 is 0.420 bits per heavy atom. The van der Waals surface area contributed by atoms with Crippen LogP contribution in [0.1, 0.15) is 26.3 Å². The second-order valence-electron chi connectivity index (χ2n) is 14.6. The molecule has 0 aliphatic carbocycles. The lowest BCUT2D eigenvalue weighted by Crippen LogP contribution is -2.61. The van der Waals surface area contributed by atoms with Gasteiger partial charge in [0.25, 0.3) is 6.71 Å². The summed E-state index contributed by atoms with van der Waals surface area (Å²) in [7, 11) is 0. The summed E-state index contributed by atoms with van der Waals surface area (Å²) in [6.45, 7) is 7.02. The highest BCUT2D eigenvalue weighted by molar-refractivity contribution is 7.00. The van der Waals surface area contributed by atoms with E-state index in [1.807, 2.05) is 0 Å². The summed E-state index contributed by atoms with van der Waals surface area (Å²) in [6, 6.07) is 60.5. The van der Waals surface area contributed by atoms with E-state index in [9.17, 15) is 0 Å². The Morgan fingerprint density at radius 2 is 0.920 bits per heavy atom. The first-order valence-electron chi connectivity index (χ1n) is 17.6. The third kappa shape index (κ3) is 4.18. The second kappa shape index (κ2) is 10.8. The average molecular weight is 642 g/mol. The molecule has 0 saturated carbocycles. The first-order chi connectivity index (χ1) is 24.5. The van der Waals surface area contributed by atoms with Gasteiger partial charge in [0.05, 0.1) is 16.7 Å². The van der Waals surface area contributed by atoms with Crippen molar-refractivity contribution < 1.29 is 0 Å². The number of fused-ring (bicyclic) bond motifs is 7. The summed E-state index contributed by atoms with van der Waals surface area (Å²) in [6.07, 6.45) is 0. The van der Waals surface area contributed by atoms with Crippen LogP contribution in [0, 0.1) is 0 Å². The van der Waals surface area contributed by atoms with Crippen LogP contribution in [0.25, 0.3) is 27.5 Å². The van der Waals surface area contributed by atoms with Gasteiger partial charge >= 0.3 is 0 Å². The van der Waals surface area contributed by atoms with Crippen molar-refractivity contribution in [3.63, 3.8) is 0 Å². The third-order valence-corrected chi connectivity index (χ3v) is 10.7. The summed E-state index contributed by atoms with van der Waals surface area (Å²) < 4.78 is 2.46. The second-order valence-corrected chi connectivity index (χ2v) is 14.6. The smallest absolute Gasteiger partial charge is 0.252 e. The molecule has 0 amide bonds. The molecule has 0 spiro atoms. The van der Waals surface area contributed by atoms with E-state index in [-0.39, 0.29) is 12.1 Å². The topological polar surface area (TPSA) is 11.4 Å². The number of aromatic nitrogens is 1. The molecule has 238 valence electrons. The Labute approximate surface area is 293 Å². The third-order valence-electron chi connectivity index (χ3n) is 10.7. The summed E-state index contributed by atoms with van der Waals surface area (Å²) in [5.41, 5.74) is 16.1. The minimum Gasteiger partial charge on any atom is -0.311 e. The van der Waals surface area contributed by atoms with E-state index in [1.165, 1.54) is 66.5 Å². The van der Waals surface area contributed by atoms with Gasteiger partial charge in [-0.05, 0) is 88.0 Å². The zero-order valence-corrected chi connectivity index (χ0v) is 28.5. The number of rotatable bonds is 3. The standard InChI is InChI=1S/C46H36BN3/c1-46(2,3)31-26-27-42-38(28-31)47-37-22-12-15-25-41(37)48(32-16-6-4-7-17-32)43-29-34(30-44(45(43)47)49(42)33-18-8-5-9-19-33)50-39-23-13-10-20-35(39)36-21-11-14-24-40(36)50/h4-30H,1-3H3. The minimum absolute atomic E-state index is 0.0143. The number of nitrogens with zero attached hydrogens (tertiary/aromatic N) is 3. The molecule has 0 bridgehead atoms. The molecule has 8 aromatic rings. The van der Waals surface area contributed by atoms with Crippen LogP contribution < -0.4 is 26.2 Å². The van der Waals surface area contributed by atoms with E-state index in [4.69, 9.17) is 0 Å². The van der Waals surface area contributed by atoms with Gasteiger partial charge in [-0.2, -0.15) is 0 Å². The van der Waals surface area contributed by atoms with Gasteiger partial charge in [0.15, 0.2) is 0 Å². The fourth-order valence-electron chi connectivity index (χ4n) is 8.44. The van der Waals surface area contributed by atoms with Crippen LogP contribution in [-0.4, -0.2) is 11.3 Å². The zero-order valence-electron chi connectivity index (χ0n) is 28.5. The highest BCUT2D eigenvalue weighted by Gasteiger charge is 2.44. The maximum atomic E-state index is 2.51. The molecule has 0 radical (unpaired) electrons. The number of hydrogen-bond acceptors (Lipinski definition) is 2. The molecule has 7 aromatic carbocycles. The highest BCUT2D eigenvalue weighted by atomic mass is 15.2. The van der Waals surface area contributed by atoms with Crippen LogP contribution in [0.5, 0.6) is 0 Å². The first kappa shape index (κ1) is 29.0. The summed E-state index contributed by atoms with van der Waals surface area (Å²) in [5.74, 6) is 0. The summed E-state index contributed by atoms with van der Waals surface area (Å²) >= 11 is 0. The molecular formula is C46H36BN3. The van der Waals surface area contributed by atoms with Crippen molar-refractivity contribution in [2.45, 2.75) is 26.2 Å². The van der Waals surface area contributed by atoms with E-state index in [0.717, 1.165) is 17.1 Å².